The van der Waals surface area contributed by atoms with Crippen LogP contribution in [0.5, 0.6) is 0 Å². The van der Waals surface area contributed by atoms with Crippen LogP contribution in [0.25, 0.3) is 0 Å². The summed E-state index contributed by atoms with van der Waals surface area (Å²) in [6.07, 6.45) is 0. The molecule has 0 aliphatic carbocycles. The van der Waals surface area contributed by atoms with Gasteiger partial charge in [0.05, 0.1) is 16.4 Å². The summed E-state index contributed by atoms with van der Waals surface area (Å²) in [5, 5.41) is 13.9. The minimum atomic E-state index is -3.81. The van der Waals surface area contributed by atoms with Gasteiger partial charge in [-0.15, -0.1) is 0 Å². The van der Waals surface area contributed by atoms with Crippen molar-refractivity contribution >= 4 is 27.3 Å². The highest BCUT2D eigenvalue weighted by molar-refractivity contribution is 7.89. The largest absolute Gasteiger partial charge is 0.360 e. The molecular formula is C15H23N5O5S. The summed E-state index contributed by atoms with van der Waals surface area (Å²) in [6.45, 7) is 1.81. The number of hydrogen-bond acceptors (Lipinski definition) is 7. The zero-order valence-corrected chi connectivity index (χ0v) is 15.8. The number of sulfonamides is 1. The zero-order chi connectivity index (χ0) is 19.5. The Labute approximate surface area is 152 Å². The molecule has 0 spiro atoms. The van der Waals surface area contributed by atoms with Gasteiger partial charge in [-0.2, -0.15) is 4.31 Å². The van der Waals surface area contributed by atoms with Crippen LogP contribution in [0, 0.1) is 10.1 Å². The van der Waals surface area contributed by atoms with Gasteiger partial charge in [0.1, 0.15) is 5.69 Å². The molecule has 1 aliphatic heterocycles. The quantitative estimate of drug-likeness (QED) is 0.528. The Morgan fingerprint density at radius 3 is 2.46 bits per heavy atom. The first-order chi connectivity index (χ1) is 12.2. The van der Waals surface area contributed by atoms with E-state index in [1.54, 1.807) is 0 Å². The molecule has 1 aromatic rings. The number of amides is 1. The molecule has 10 nitrogen and oxygen atoms in total. The Bertz CT molecular complexity index is 790. The fourth-order valence-electron chi connectivity index (χ4n) is 2.69. The number of nitrogens with one attached hydrogen (secondary N) is 1. The van der Waals surface area contributed by atoms with Crippen LogP contribution in [-0.4, -0.2) is 82.3 Å². The number of piperazine rings is 1. The molecule has 1 aromatic carbocycles. The number of nitro groups is 1. The molecule has 1 saturated heterocycles. The van der Waals surface area contributed by atoms with Crippen molar-refractivity contribution in [1.82, 2.24) is 14.5 Å². The van der Waals surface area contributed by atoms with Gasteiger partial charge in [-0.25, -0.2) is 8.42 Å². The Balaban J connectivity index is 2.35. The number of anilines is 1. The zero-order valence-electron chi connectivity index (χ0n) is 15.0. The lowest BCUT2D eigenvalue weighted by Crippen LogP contribution is -2.47. The van der Waals surface area contributed by atoms with Crippen molar-refractivity contribution < 1.29 is 18.1 Å². The standard InChI is InChI=1S/C15H23N5O5S/c1-16-15(21)11-18(3)13-5-4-12(10-14(13)20(22)23)26(24,25)19-8-6-17(2)7-9-19/h4-5,10H,6-9,11H2,1-3H3,(H,16,21). The Morgan fingerprint density at radius 2 is 1.92 bits per heavy atom. The number of carbonyl (C=O) groups is 1. The molecule has 1 amide bonds. The maximum atomic E-state index is 12.8. The Kier molecular flexibility index (Phi) is 6.16. The SMILES string of the molecule is CNC(=O)CN(C)c1ccc(S(=O)(=O)N2CCN(C)CC2)cc1[N+](=O)[O-]. The van der Waals surface area contributed by atoms with Crippen molar-refractivity contribution in [3.63, 3.8) is 0 Å². The normalized spacial score (nSPS) is 16.3. The third kappa shape index (κ3) is 4.29. The summed E-state index contributed by atoms with van der Waals surface area (Å²) in [7, 11) is 1.10. The summed E-state index contributed by atoms with van der Waals surface area (Å²) in [5.41, 5.74) is -0.178. The third-order valence-corrected chi connectivity index (χ3v) is 6.21. The van der Waals surface area contributed by atoms with Gasteiger partial charge in [0, 0.05) is 46.3 Å². The highest BCUT2D eigenvalue weighted by Crippen LogP contribution is 2.31. The van der Waals surface area contributed by atoms with Crippen molar-refractivity contribution in [2.45, 2.75) is 4.90 Å². The lowest BCUT2D eigenvalue weighted by molar-refractivity contribution is -0.384. The molecule has 0 radical (unpaired) electrons. The number of rotatable bonds is 6. The van der Waals surface area contributed by atoms with Crippen molar-refractivity contribution in [2.24, 2.45) is 0 Å². The van der Waals surface area contributed by atoms with E-state index in [9.17, 15) is 23.3 Å². The fraction of sp³-hybridized carbons (Fsp3) is 0.533. The first kappa shape index (κ1) is 20.1. The van der Waals surface area contributed by atoms with Gasteiger partial charge in [-0.1, -0.05) is 0 Å². The molecule has 1 aliphatic rings. The lowest BCUT2D eigenvalue weighted by Gasteiger charge is -2.31. The Hall–Kier alpha value is -2.24. The molecule has 0 saturated carbocycles. The van der Waals surface area contributed by atoms with Gasteiger partial charge >= 0.3 is 0 Å². The van der Waals surface area contributed by atoms with Crippen LogP contribution in [0.2, 0.25) is 0 Å². The highest BCUT2D eigenvalue weighted by Gasteiger charge is 2.30. The van der Waals surface area contributed by atoms with E-state index in [1.165, 1.54) is 35.4 Å². The molecule has 1 heterocycles. The van der Waals surface area contributed by atoms with Gasteiger partial charge in [0.15, 0.2) is 0 Å². The predicted molar refractivity (Wildman–Crippen MR) is 96.7 cm³/mol. The molecule has 0 unspecified atom stereocenters. The van der Waals surface area contributed by atoms with Crippen molar-refractivity contribution in [3.8, 4) is 0 Å². The number of likely N-dealkylation sites (N-methyl/N-ethyl adjacent to an activating group) is 3. The summed E-state index contributed by atoms with van der Waals surface area (Å²) < 4.78 is 26.9. The maximum absolute atomic E-state index is 12.8. The number of carbonyl (C=O) groups excluding carboxylic acids is 1. The van der Waals surface area contributed by atoms with Gasteiger partial charge in [-0.05, 0) is 19.2 Å². The lowest BCUT2D eigenvalue weighted by atomic mass is 10.2. The molecule has 1 N–H and O–H groups in total. The minimum Gasteiger partial charge on any atom is -0.360 e. The number of nitrogens with zero attached hydrogens (tertiary/aromatic N) is 4. The second kappa shape index (κ2) is 7.98. The van der Waals surface area contributed by atoms with Crippen molar-refractivity contribution in [3.05, 3.63) is 28.3 Å². The van der Waals surface area contributed by atoms with E-state index in [2.05, 4.69) is 5.32 Å². The first-order valence-electron chi connectivity index (χ1n) is 8.05. The van der Waals surface area contributed by atoms with Gasteiger partial charge in [0.25, 0.3) is 5.69 Å². The fourth-order valence-corrected chi connectivity index (χ4v) is 4.13. The van der Waals surface area contributed by atoms with E-state index in [1.807, 2.05) is 11.9 Å². The third-order valence-electron chi connectivity index (χ3n) is 4.31. The average Bonchev–Trinajstić information content (AvgIpc) is 2.61. The van der Waals surface area contributed by atoms with Crippen LogP contribution >= 0.6 is 0 Å². The van der Waals surface area contributed by atoms with Crippen LogP contribution in [0.4, 0.5) is 11.4 Å². The number of hydrogen-bond donors (Lipinski definition) is 1. The van der Waals surface area contributed by atoms with E-state index < -0.39 is 14.9 Å². The number of nitro benzene ring substituents is 1. The van der Waals surface area contributed by atoms with Crippen molar-refractivity contribution in [1.29, 1.82) is 0 Å². The molecule has 0 aromatic heterocycles. The van der Waals surface area contributed by atoms with E-state index in [4.69, 9.17) is 0 Å². The second-order valence-corrected chi connectivity index (χ2v) is 8.08. The molecule has 2 rings (SSSR count). The van der Waals surface area contributed by atoms with Crippen LogP contribution in [0.15, 0.2) is 23.1 Å². The van der Waals surface area contributed by atoms with Crippen molar-refractivity contribution in [2.75, 3.05) is 58.8 Å². The molecule has 1 fully saturated rings. The number of benzene rings is 1. The Morgan fingerprint density at radius 1 is 1.31 bits per heavy atom. The maximum Gasteiger partial charge on any atom is 0.293 e. The van der Waals surface area contributed by atoms with E-state index in [0.29, 0.717) is 26.2 Å². The summed E-state index contributed by atoms with van der Waals surface area (Å²) >= 11 is 0. The molecular weight excluding hydrogens is 362 g/mol. The van der Waals surface area contributed by atoms with E-state index in [-0.39, 0.29) is 28.7 Å². The molecule has 144 valence electrons. The smallest absolute Gasteiger partial charge is 0.293 e. The second-order valence-electron chi connectivity index (χ2n) is 6.14. The average molecular weight is 385 g/mol. The van der Waals surface area contributed by atoms with Gasteiger partial charge in [-0.3, -0.25) is 14.9 Å². The van der Waals surface area contributed by atoms with E-state index in [0.717, 1.165) is 6.07 Å². The van der Waals surface area contributed by atoms with Crippen LogP contribution in [-0.2, 0) is 14.8 Å². The monoisotopic (exact) mass is 385 g/mol. The predicted octanol–water partition coefficient (Wildman–Crippen LogP) is -0.287. The molecule has 11 heteroatoms. The minimum absolute atomic E-state index is 0.0815. The van der Waals surface area contributed by atoms with E-state index >= 15 is 0 Å². The summed E-state index contributed by atoms with van der Waals surface area (Å²) in [4.78, 5) is 25.6. The molecule has 26 heavy (non-hydrogen) atoms. The van der Waals surface area contributed by atoms with Gasteiger partial charge < -0.3 is 15.1 Å². The van der Waals surface area contributed by atoms with Gasteiger partial charge in [0.2, 0.25) is 15.9 Å². The summed E-state index contributed by atoms with van der Waals surface area (Å²) in [5.74, 6) is -0.309. The summed E-state index contributed by atoms with van der Waals surface area (Å²) in [6, 6.07) is 3.77. The van der Waals surface area contributed by atoms with Crippen LogP contribution in [0.1, 0.15) is 0 Å². The topological polar surface area (TPSA) is 116 Å². The first-order valence-corrected chi connectivity index (χ1v) is 9.49. The van der Waals surface area contributed by atoms with Crippen LogP contribution < -0.4 is 10.2 Å². The molecule has 0 atom stereocenters. The van der Waals surface area contributed by atoms with Crippen LogP contribution in [0.3, 0.4) is 0 Å². The highest BCUT2D eigenvalue weighted by atomic mass is 32.2. The molecule has 0 bridgehead atoms.